The average Bonchev–Trinajstić information content (AvgIpc) is 2.59. The number of anilines is 1. The van der Waals surface area contributed by atoms with E-state index in [1.807, 2.05) is 0 Å². The van der Waals surface area contributed by atoms with Gasteiger partial charge in [0.2, 0.25) is 11.8 Å². The lowest BCUT2D eigenvalue weighted by atomic mass is 10.2. The fraction of sp³-hybridized carbons (Fsp3) is 0.333. The quantitative estimate of drug-likeness (QED) is 0.489. The molecule has 2 amide bonds. The maximum atomic E-state index is 11.6. The number of primary amides is 1. The van der Waals surface area contributed by atoms with Gasteiger partial charge in [-0.15, -0.1) is 0 Å². The first-order valence-electron chi connectivity index (χ1n) is 4.93. The summed E-state index contributed by atoms with van der Waals surface area (Å²) in [6, 6.07) is -1.14. The number of carboxylic acid groups (broad SMARTS) is 1. The number of aromatic carboxylic acids is 1. The normalized spacial score (nSPS) is 11.9. The highest BCUT2D eigenvalue weighted by Crippen LogP contribution is 2.14. The molecule has 1 atom stereocenters. The lowest BCUT2D eigenvalue weighted by molar-refractivity contribution is -0.123. The fourth-order valence-electron chi connectivity index (χ4n) is 1.26. The van der Waals surface area contributed by atoms with Crippen LogP contribution in [0.3, 0.4) is 0 Å². The number of hydrogen-bond donors (Lipinski definition) is 4. The van der Waals surface area contributed by atoms with Crippen molar-refractivity contribution in [2.24, 2.45) is 18.5 Å². The highest BCUT2D eigenvalue weighted by atomic mass is 16.4. The van der Waals surface area contributed by atoms with Gasteiger partial charge in [0.15, 0.2) is 0 Å². The number of carboxylic acids is 1. The Hall–Kier alpha value is -2.42. The minimum Gasteiger partial charge on any atom is -0.477 e. The van der Waals surface area contributed by atoms with Crippen LogP contribution >= 0.6 is 0 Å². The SMILES string of the molecule is Cn1ncc(C(=O)O)c1NC(=O)[C@@H](N)CC(N)=O. The molecular formula is C9H13N5O4. The van der Waals surface area contributed by atoms with Crippen LogP contribution in [0.4, 0.5) is 5.82 Å². The van der Waals surface area contributed by atoms with Gasteiger partial charge in [-0.25, -0.2) is 4.79 Å². The number of nitrogens with two attached hydrogens (primary N) is 2. The number of amides is 2. The van der Waals surface area contributed by atoms with Crippen LogP contribution in [-0.4, -0.2) is 38.7 Å². The second-order valence-corrected chi connectivity index (χ2v) is 3.60. The maximum absolute atomic E-state index is 11.6. The zero-order chi connectivity index (χ0) is 13.9. The number of nitrogens with zero attached hydrogens (tertiary/aromatic N) is 2. The van der Waals surface area contributed by atoms with Crippen LogP contribution < -0.4 is 16.8 Å². The maximum Gasteiger partial charge on any atom is 0.341 e. The summed E-state index contributed by atoms with van der Waals surface area (Å²) in [5.41, 5.74) is 10.2. The molecule has 9 nitrogen and oxygen atoms in total. The van der Waals surface area contributed by atoms with E-state index in [-0.39, 0.29) is 17.8 Å². The molecule has 1 aromatic heterocycles. The van der Waals surface area contributed by atoms with E-state index in [2.05, 4.69) is 10.4 Å². The number of nitrogens with one attached hydrogen (secondary N) is 1. The molecule has 0 aliphatic heterocycles. The van der Waals surface area contributed by atoms with Crippen molar-refractivity contribution in [3.63, 3.8) is 0 Å². The van der Waals surface area contributed by atoms with Crippen LogP contribution in [-0.2, 0) is 16.6 Å². The number of hydrogen-bond acceptors (Lipinski definition) is 5. The van der Waals surface area contributed by atoms with Crippen LogP contribution in [0.15, 0.2) is 6.20 Å². The number of aromatic nitrogens is 2. The van der Waals surface area contributed by atoms with Crippen LogP contribution in [0.25, 0.3) is 0 Å². The predicted octanol–water partition coefficient (Wildman–Crippen LogP) is -1.74. The highest BCUT2D eigenvalue weighted by Gasteiger charge is 2.21. The van der Waals surface area contributed by atoms with Crippen molar-refractivity contribution < 1.29 is 19.5 Å². The zero-order valence-corrected chi connectivity index (χ0v) is 9.58. The third kappa shape index (κ3) is 3.04. The van der Waals surface area contributed by atoms with Crippen LogP contribution in [0.2, 0.25) is 0 Å². The van der Waals surface area contributed by atoms with E-state index in [0.29, 0.717) is 0 Å². The van der Waals surface area contributed by atoms with Crippen molar-refractivity contribution in [3.05, 3.63) is 11.8 Å². The molecule has 6 N–H and O–H groups in total. The molecule has 0 radical (unpaired) electrons. The second-order valence-electron chi connectivity index (χ2n) is 3.60. The molecule has 1 rings (SSSR count). The van der Waals surface area contributed by atoms with Gasteiger partial charge in [-0.2, -0.15) is 5.10 Å². The average molecular weight is 255 g/mol. The Balaban J connectivity index is 2.84. The van der Waals surface area contributed by atoms with Crippen molar-refractivity contribution in [1.82, 2.24) is 9.78 Å². The minimum absolute atomic E-state index is 0.00702. The third-order valence-electron chi connectivity index (χ3n) is 2.17. The Morgan fingerprint density at radius 2 is 2.17 bits per heavy atom. The molecule has 18 heavy (non-hydrogen) atoms. The van der Waals surface area contributed by atoms with Gasteiger partial charge in [-0.05, 0) is 0 Å². The highest BCUT2D eigenvalue weighted by molar-refractivity contribution is 6.02. The van der Waals surface area contributed by atoms with Gasteiger partial charge >= 0.3 is 5.97 Å². The van der Waals surface area contributed by atoms with Crippen LogP contribution in [0.1, 0.15) is 16.8 Å². The van der Waals surface area contributed by atoms with Crippen molar-refractivity contribution in [2.45, 2.75) is 12.5 Å². The molecule has 0 fully saturated rings. The van der Waals surface area contributed by atoms with Crippen molar-refractivity contribution in [3.8, 4) is 0 Å². The van der Waals surface area contributed by atoms with Gasteiger partial charge in [0.25, 0.3) is 0 Å². The molecular weight excluding hydrogens is 242 g/mol. The molecule has 0 saturated carbocycles. The first-order chi connectivity index (χ1) is 8.32. The molecule has 0 saturated heterocycles. The molecule has 9 heteroatoms. The number of carbonyl (C=O) groups excluding carboxylic acids is 2. The van der Waals surface area contributed by atoms with Crippen molar-refractivity contribution in [2.75, 3.05) is 5.32 Å². The Morgan fingerprint density at radius 3 is 2.67 bits per heavy atom. The Bertz CT molecular complexity index is 495. The summed E-state index contributed by atoms with van der Waals surface area (Å²) in [5.74, 6) is -2.67. The predicted molar refractivity (Wildman–Crippen MR) is 60.6 cm³/mol. The van der Waals surface area contributed by atoms with Crippen LogP contribution in [0, 0.1) is 0 Å². The summed E-state index contributed by atoms with van der Waals surface area (Å²) in [6.45, 7) is 0. The Labute approximate surface area is 102 Å². The van der Waals surface area contributed by atoms with Gasteiger partial charge in [0.1, 0.15) is 11.4 Å². The lowest BCUT2D eigenvalue weighted by Crippen LogP contribution is -2.39. The number of aryl methyl sites for hydroxylation is 1. The van der Waals surface area contributed by atoms with E-state index >= 15 is 0 Å². The molecule has 0 unspecified atom stereocenters. The Kier molecular flexibility index (Phi) is 4.00. The summed E-state index contributed by atoms with van der Waals surface area (Å²) < 4.78 is 1.18. The minimum atomic E-state index is -1.23. The van der Waals surface area contributed by atoms with E-state index in [1.165, 1.54) is 11.7 Å². The van der Waals surface area contributed by atoms with E-state index in [0.717, 1.165) is 6.20 Å². The number of carbonyl (C=O) groups is 3. The van der Waals surface area contributed by atoms with Gasteiger partial charge in [0, 0.05) is 7.05 Å². The molecule has 1 heterocycles. The lowest BCUT2D eigenvalue weighted by Gasteiger charge is -2.11. The smallest absolute Gasteiger partial charge is 0.341 e. The van der Waals surface area contributed by atoms with Gasteiger partial charge in [0.05, 0.1) is 18.7 Å². The molecule has 0 aliphatic rings. The van der Waals surface area contributed by atoms with E-state index < -0.39 is 23.8 Å². The molecule has 0 spiro atoms. The first-order valence-corrected chi connectivity index (χ1v) is 4.93. The molecule has 0 bridgehead atoms. The fourth-order valence-corrected chi connectivity index (χ4v) is 1.26. The molecule has 0 aromatic carbocycles. The monoisotopic (exact) mass is 255 g/mol. The number of rotatable bonds is 5. The van der Waals surface area contributed by atoms with E-state index in [4.69, 9.17) is 16.6 Å². The summed E-state index contributed by atoms with van der Waals surface area (Å²) >= 11 is 0. The van der Waals surface area contributed by atoms with Gasteiger partial charge in [-0.1, -0.05) is 0 Å². The molecule has 0 aliphatic carbocycles. The first kappa shape index (κ1) is 13.6. The Morgan fingerprint density at radius 1 is 1.56 bits per heavy atom. The second kappa shape index (κ2) is 5.27. The standard InChI is InChI=1S/C9H13N5O4/c1-14-7(4(3-12-14)9(17)18)13-8(16)5(10)2-6(11)15/h3,5H,2,10H2,1H3,(H2,11,15)(H,13,16)(H,17,18)/t5-/m0/s1. The topological polar surface area (TPSA) is 153 Å². The largest absolute Gasteiger partial charge is 0.477 e. The van der Waals surface area contributed by atoms with Gasteiger partial charge in [-0.3, -0.25) is 14.3 Å². The van der Waals surface area contributed by atoms with E-state index in [1.54, 1.807) is 0 Å². The van der Waals surface area contributed by atoms with Crippen molar-refractivity contribution in [1.29, 1.82) is 0 Å². The van der Waals surface area contributed by atoms with E-state index in [9.17, 15) is 14.4 Å². The third-order valence-corrected chi connectivity index (χ3v) is 2.17. The van der Waals surface area contributed by atoms with Crippen LogP contribution in [0.5, 0.6) is 0 Å². The molecule has 1 aromatic rings. The van der Waals surface area contributed by atoms with Gasteiger partial charge < -0.3 is 21.9 Å². The molecule has 98 valence electrons. The summed E-state index contributed by atoms with van der Waals surface area (Å²) in [6.07, 6.45) is 0.768. The summed E-state index contributed by atoms with van der Waals surface area (Å²) in [5, 5.41) is 14.9. The zero-order valence-electron chi connectivity index (χ0n) is 9.58. The summed E-state index contributed by atoms with van der Waals surface area (Å²) in [4.78, 5) is 33.1. The van der Waals surface area contributed by atoms with Crippen molar-refractivity contribution >= 4 is 23.6 Å². The summed E-state index contributed by atoms with van der Waals surface area (Å²) in [7, 11) is 1.46.